The van der Waals surface area contributed by atoms with Crippen LogP contribution in [0.4, 0.5) is 4.72 Å². The number of likely N-dealkylation sites (tertiary alicyclic amines) is 1. The van der Waals surface area contributed by atoms with Crippen LogP contribution in [0.25, 0.3) is 0 Å². The molecule has 7 heteroatoms. The lowest BCUT2D eigenvalue weighted by molar-refractivity contribution is -0.165. The zero-order valence-electron chi connectivity index (χ0n) is 13.5. The molecule has 0 unspecified atom stereocenters. The molecule has 3 N–H and O–H groups in total. The normalized spacial score (nSPS) is 28.4. The summed E-state index contributed by atoms with van der Waals surface area (Å²) in [5.41, 5.74) is 4.81. The zero-order valence-corrected chi connectivity index (χ0v) is 12.5. The van der Waals surface area contributed by atoms with E-state index in [1.807, 2.05) is 13.8 Å². The van der Waals surface area contributed by atoms with Gasteiger partial charge in [-0.15, -0.1) is 0 Å². The van der Waals surface area contributed by atoms with Gasteiger partial charge in [-0.2, -0.15) is 0 Å². The van der Waals surface area contributed by atoms with Crippen molar-refractivity contribution in [2.45, 2.75) is 45.6 Å². The predicted octanol–water partition coefficient (Wildman–Crippen LogP) is 0.168. The third-order valence-electron chi connectivity index (χ3n) is 4.39. The Morgan fingerprint density at radius 3 is 2.48 bits per heavy atom. The molecule has 2 rings (SSSR count). The molecule has 0 aromatic carbocycles. The van der Waals surface area contributed by atoms with Crippen molar-refractivity contribution in [3.8, 4) is 0 Å². The van der Waals surface area contributed by atoms with Crippen molar-refractivity contribution < 1.29 is 19.1 Å². The summed E-state index contributed by atoms with van der Waals surface area (Å²) in [6.45, 7) is 4.39. The Balaban J connectivity index is 0.00000116. The average molecular weight is 302 g/mol. The van der Waals surface area contributed by atoms with Gasteiger partial charge in [0, 0.05) is 18.5 Å². The second kappa shape index (κ2) is 6.41. The Bertz CT molecular complexity index is 437. The van der Waals surface area contributed by atoms with Crippen LogP contribution in [0.15, 0.2) is 0 Å². The number of halogens is 1. The monoisotopic (exact) mass is 302 g/mol. The molecule has 0 aromatic heterocycles. The van der Waals surface area contributed by atoms with E-state index in [0.29, 0.717) is 6.54 Å². The molecule has 21 heavy (non-hydrogen) atoms. The minimum absolute atomic E-state index is 0.0118. The van der Waals surface area contributed by atoms with Crippen LogP contribution in [-0.2, 0) is 14.4 Å². The Morgan fingerprint density at radius 2 is 2.05 bits per heavy atom. The average Bonchev–Trinajstić information content (AvgIpc) is 2.49. The Morgan fingerprint density at radius 1 is 1.48 bits per heavy atom. The van der Waals surface area contributed by atoms with E-state index in [0.717, 1.165) is 25.7 Å². The summed E-state index contributed by atoms with van der Waals surface area (Å²) in [5, 5.41) is 3.02. The number of nitrogens with one attached hydrogen (secondary N) is 1. The van der Waals surface area contributed by atoms with E-state index in [1.54, 1.807) is 0 Å². The summed E-state index contributed by atoms with van der Waals surface area (Å²) in [6.07, 6.45) is 3.22. The maximum atomic E-state index is 12.1. The molecule has 1 aliphatic heterocycles. The number of primary amides is 1. The van der Waals surface area contributed by atoms with Crippen molar-refractivity contribution in [1.29, 1.82) is 1.45 Å². The quantitative estimate of drug-likeness (QED) is 0.725. The number of carbonyl (C=O) groups is 3. The van der Waals surface area contributed by atoms with Gasteiger partial charge in [-0.05, 0) is 25.7 Å². The van der Waals surface area contributed by atoms with Crippen molar-refractivity contribution in [1.82, 2.24) is 10.2 Å². The van der Waals surface area contributed by atoms with Crippen LogP contribution < -0.4 is 11.1 Å². The standard InChI is InChI=1S/C14H23N3O3.FH/c1-9(2)12(19)16-10-3-5-14(6-4-10)8-17(13(14)20)7-11(15)18;/h9-10H,3-8H2,1-2H3,(H2,15,18)(H,16,19);1H/i/hD. The Hall–Kier alpha value is -1.66. The van der Waals surface area contributed by atoms with Crippen molar-refractivity contribution in [3.05, 3.63) is 0 Å². The van der Waals surface area contributed by atoms with Crippen LogP contribution in [0.3, 0.4) is 0 Å². The van der Waals surface area contributed by atoms with Crippen molar-refractivity contribution in [2.24, 2.45) is 17.1 Å². The number of hydrogen-bond donors (Lipinski definition) is 2. The molecule has 0 radical (unpaired) electrons. The molecule has 3 amide bonds. The third-order valence-corrected chi connectivity index (χ3v) is 4.39. The lowest BCUT2D eigenvalue weighted by Crippen LogP contribution is -2.64. The maximum Gasteiger partial charge on any atom is 0.269 e. The number of hydrogen-bond acceptors (Lipinski definition) is 3. The summed E-state index contributed by atoms with van der Waals surface area (Å²) in [4.78, 5) is 36.2. The first-order valence-corrected chi connectivity index (χ1v) is 7.22. The molecular formula is C14H24FN3O3. The van der Waals surface area contributed by atoms with E-state index in [-0.39, 0.29) is 35.7 Å². The van der Waals surface area contributed by atoms with Crippen LogP contribution in [0, 0.1) is 11.3 Å². The molecule has 0 bridgehead atoms. The van der Waals surface area contributed by atoms with E-state index >= 15 is 0 Å². The Labute approximate surface area is 125 Å². The van der Waals surface area contributed by atoms with Crippen LogP contribution in [0.1, 0.15) is 39.5 Å². The lowest BCUT2D eigenvalue weighted by atomic mass is 9.66. The van der Waals surface area contributed by atoms with E-state index in [2.05, 4.69) is 6.77 Å². The van der Waals surface area contributed by atoms with Gasteiger partial charge >= 0.3 is 0 Å². The topological polar surface area (TPSA) is 92.5 Å². The first-order valence-electron chi connectivity index (χ1n) is 7.60. The molecule has 1 spiro atoms. The fraction of sp³-hybridized carbons (Fsp3) is 0.786. The first-order chi connectivity index (χ1) is 10.3. The minimum Gasteiger partial charge on any atom is -0.368 e. The lowest BCUT2D eigenvalue weighted by Gasteiger charge is -2.51. The summed E-state index contributed by atoms with van der Waals surface area (Å²) in [5.74, 6) is -0.362. The summed E-state index contributed by atoms with van der Waals surface area (Å²) >= 11 is 0. The molecule has 120 valence electrons. The molecule has 0 aromatic rings. The van der Waals surface area contributed by atoms with Crippen molar-refractivity contribution >= 4 is 17.7 Å². The first kappa shape index (κ1) is 15.7. The molecule has 2 fully saturated rings. The molecule has 1 heterocycles. The second-order valence-electron chi connectivity index (χ2n) is 6.35. The molecule has 1 saturated carbocycles. The fourth-order valence-corrected chi connectivity index (χ4v) is 3.12. The number of rotatable bonds is 4. The minimum atomic E-state index is -0.467. The summed E-state index contributed by atoms with van der Waals surface area (Å²) < 4.78 is 13.0. The highest BCUT2D eigenvalue weighted by atomic mass is 19.0. The van der Waals surface area contributed by atoms with Gasteiger partial charge in [-0.25, -0.2) is 0 Å². The predicted molar refractivity (Wildman–Crippen MR) is 75.9 cm³/mol. The third kappa shape index (κ3) is 3.51. The van der Waals surface area contributed by atoms with Gasteiger partial charge in [0.15, 0.2) is 0 Å². The van der Waals surface area contributed by atoms with Crippen LogP contribution in [0.5, 0.6) is 0 Å². The molecule has 6 nitrogen and oxygen atoms in total. The summed E-state index contributed by atoms with van der Waals surface area (Å²) in [6, 6.07) is 0.175. The molecule has 0 atom stereocenters. The van der Waals surface area contributed by atoms with E-state index in [9.17, 15) is 14.4 Å². The van der Waals surface area contributed by atoms with E-state index in [4.69, 9.17) is 10.5 Å². The van der Waals surface area contributed by atoms with Gasteiger partial charge < -0.3 is 16.0 Å². The number of amides is 3. The highest BCUT2D eigenvalue weighted by Crippen LogP contribution is 2.44. The van der Waals surface area contributed by atoms with Gasteiger partial charge in [0.05, 0.1) is 12.0 Å². The largest absolute Gasteiger partial charge is 0.368 e. The SMILES string of the molecule is CC(C)C(=O)NC1CCC2(CC1)CN(CC(N)=O)C2=O.[2H]F. The molecule has 2 aliphatic rings. The molecule has 1 aliphatic carbocycles. The zero-order chi connectivity index (χ0) is 16.9. The number of β-lactam (4-membered cyclic amide) rings is 1. The maximum absolute atomic E-state index is 12.1. The van der Waals surface area contributed by atoms with Gasteiger partial charge in [-0.1, -0.05) is 13.8 Å². The van der Waals surface area contributed by atoms with E-state index in [1.165, 1.54) is 4.90 Å². The summed E-state index contributed by atoms with van der Waals surface area (Å²) in [7, 11) is 0. The highest BCUT2D eigenvalue weighted by molar-refractivity contribution is 5.92. The van der Waals surface area contributed by atoms with Gasteiger partial charge in [0.1, 0.15) is 0 Å². The fourth-order valence-electron chi connectivity index (χ4n) is 3.12. The van der Waals surface area contributed by atoms with Crippen LogP contribution >= 0.6 is 0 Å². The number of carbonyl (C=O) groups excluding carboxylic acids is 3. The Kier molecular flexibility index (Phi) is 4.80. The van der Waals surface area contributed by atoms with Gasteiger partial charge in [0.2, 0.25) is 17.7 Å². The van der Waals surface area contributed by atoms with Crippen molar-refractivity contribution in [3.63, 3.8) is 0 Å². The van der Waals surface area contributed by atoms with Crippen molar-refractivity contribution in [2.75, 3.05) is 13.1 Å². The number of nitrogens with zero attached hydrogens (tertiary/aromatic N) is 1. The van der Waals surface area contributed by atoms with Gasteiger partial charge in [-0.3, -0.25) is 19.1 Å². The highest BCUT2D eigenvalue weighted by Gasteiger charge is 2.53. The van der Waals surface area contributed by atoms with E-state index < -0.39 is 5.91 Å². The van der Waals surface area contributed by atoms with Crippen LogP contribution in [0.2, 0.25) is 0 Å². The van der Waals surface area contributed by atoms with Gasteiger partial charge in [0.25, 0.3) is 1.45 Å². The molecule has 1 saturated heterocycles. The van der Waals surface area contributed by atoms with Crippen LogP contribution in [-0.4, -0.2) is 43.2 Å². The molecular weight excluding hydrogens is 277 g/mol. The second-order valence-corrected chi connectivity index (χ2v) is 6.35. The smallest absolute Gasteiger partial charge is 0.269 e. The number of nitrogens with two attached hydrogens (primary N) is 1.